The summed E-state index contributed by atoms with van der Waals surface area (Å²) in [6.07, 6.45) is 1.23. The third-order valence-electron chi connectivity index (χ3n) is 3.81. The Kier molecular flexibility index (Phi) is 5.19. The minimum atomic E-state index is 0.0781. The summed E-state index contributed by atoms with van der Waals surface area (Å²) in [7, 11) is 3.87. The van der Waals surface area contributed by atoms with Crippen molar-refractivity contribution in [2.24, 2.45) is 5.73 Å². The van der Waals surface area contributed by atoms with Gasteiger partial charge in [-0.05, 0) is 44.3 Å². The summed E-state index contributed by atoms with van der Waals surface area (Å²) >= 11 is 0. The van der Waals surface area contributed by atoms with Crippen LogP contribution in [-0.4, -0.2) is 56.7 Å². The fourth-order valence-corrected chi connectivity index (χ4v) is 2.52. The predicted molar refractivity (Wildman–Crippen MR) is 78.5 cm³/mol. The molecule has 4 nitrogen and oxygen atoms in total. The topological polar surface area (TPSA) is 41.7 Å². The monoisotopic (exact) mass is 263 g/mol. The normalized spacial score (nSPS) is 19.9. The zero-order valence-corrected chi connectivity index (χ0v) is 12.0. The lowest BCUT2D eigenvalue weighted by Crippen LogP contribution is -2.35. The summed E-state index contributed by atoms with van der Waals surface area (Å²) in [5, 5.41) is 0. The van der Waals surface area contributed by atoms with E-state index in [1.807, 2.05) is 12.1 Å². The van der Waals surface area contributed by atoms with E-state index in [1.54, 1.807) is 7.11 Å². The number of hydrogen-bond acceptors (Lipinski definition) is 4. The summed E-state index contributed by atoms with van der Waals surface area (Å²) in [5.74, 6) is 0.882. The highest BCUT2D eigenvalue weighted by atomic mass is 16.5. The van der Waals surface area contributed by atoms with Crippen molar-refractivity contribution in [1.29, 1.82) is 0 Å². The van der Waals surface area contributed by atoms with Gasteiger partial charge in [-0.15, -0.1) is 0 Å². The SMILES string of the molecule is COc1ccc(C(N)CN2CCCN(C)CC2)cc1. The van der Waals surface area contributed by atoms with Crippen molar-refractivity contribution in [1.82, 2.24) is 9.80 Å². The van der Waals surface area contributed by atoms with Gasteiger partial charge < -0.3 is 20.3 Å². The van der Waals surface area contributed by atoms with Crippen molar-refractivity contribution < 1.29 is 4.74 Å². The first kappa shape index (κ1) is 14.3. The maximum atomic E-state index is 6.31. The van der Waals surface area contributed by atoms with E-state index in [0.717, 1.165) is 31.9 Å². The molecule has 106 valence electrons. The molecule has 2 rings (SSSR count). The number of methoxy groups -OCH3 is 1. The third kappa shape index (κ3) is 4.20. The van der Waals surface area contributed by atoms with Gasteiger partial charge in [0.05, 0.1) is 7.11 Å². The molecule has 1 unspecified atom stereocenters. The van der Waals surface area contributed by atoms with Gasteiger partial charge in [-0.3, -0.25) is 0 Å². The highest BCUT2D eigenvalue weighted by molar-refractivity contribution is 5.29. The molecule has 19 heavy (non-hydrogen) atoms. The van der Waals surface area contributed by atoms with Crippen LogP contribution in [0.3, 0.4) is 0 Å². The lowest BCUT2D eigenvalue weighted by Gasteiger charge is -2.24. The molecule has 0 saturated carbocycles. The highest BCUT2D eigenvalue weighted by Crippen LogP contribution is 2.17. The van der Waals surface area contributed by atoms with Crippen LogP contribution >= 0.6 is 0 Å². The van der Waals surface area contributed by atoms with Gasteiger partial charge in [0, 0.05) is 25.7 Å². The molecule has 4 heteroatoms. The van der Waals surface area contributed by atoms with Gasteiger partial charge in [0.1, 0.15) is 5.75 Å². The second kappa shape index (κ2) is 6.89. The first-order chi connectivity index (χ1) is 9.19. The Bertz CT molecular complexity index is 379. The van der Waals surface area contributed by atoms with Gasteiger partial charge in [0.2, 0.25) is 0 Å². The third-order valence-corrected chi connectivity index (χ3v) is 3.81. The van der Waals surface area contributed by atoms with E-state index in [-0.39, 0.29) is 6.04 Å². The van der Waals surface area contributed by atoms with E-state index in [4.69, 9.17) is 10.5 Å². The number of ether oxygens (including phenoxy) is 1. The molecule has 1 saturated heterocycles. The van der Waals surface area contributed by atoms with E-state index in [1.165, 1.54) is 18.5 Å². The molecular weight excluding hydrogens is 238 g/mol. The van der Waals surface area contributed by atoms with Crippen molar-refractivity contribution in [2.45, 2.75) is 12.5 Å². The van der Waals surface area contributed by atoms with E-state index in [0.29, 0.717) is 0 Å². The molecule has 0 amide bonds. The largest absolute Gasteiger partial charge is 0.497 e. The van der Waals surface area contributed by atoms with Crippen LogP contribution in [0.15, 0.2) is 24.3 Å². The Morgan fingerprint density at radius 3 is 2.58 bits per heavy atom. The smallest absolute Gasteiger partial charge is 0.118 e. The van der Waals surface area contributed by atoms with Crippen LogP contribution in [-0.2, 0) is 0 Å². The Morgan fingerprint density at radius 1 is 1.16 bits per heavy atom. The van der Waals surface area contributed by atoms with Gasteiger partial charge in [-0.2, -0.15) is 0 Å². The average molecular weight is 263 g/mol. The van der Waals surface area contributed by atoms with Crippen molar-refractivity contribution in [2.75, 3.05) is 46.9 Å². The van der Waals surface area contributed by atoms with Gasteiger partial charge in [-0.25, -0.2) is 0 Å². The second-order valence-corrected chi connectivity index (χ2v) is 5.34. The maximum absolute atomic E-state index is 6.31. The van der Waals surface area contributed by atoms with Gasteiger partial charge >= 0.3 is 0 Å². The zero-order valence-electron chi connectivity index (χ0n) is 12.0. The number of benzene rings is 1. The fraction of sp³-hybridized carbons (Fsp3) is 0.600. The molecule has 0 aromatic heterocycles. The minimum Gasteiger partial charge on any atom is -0.497 e. The van der Waals surface area contributed by atoms with Crippen LogP contribution in [0.5, 0.6) is 5.75 Å². The van der Waals surface area contributed by atoms with Crippen molar-refractivity contribution in [3.8, 4) is 5.75 Å². The van der Waals surface area contributed by atoms with Crippen molar-refractivity contribution in [3.63, 3.8) is 0 Å². The number of nitrogens with zero attached hydrogens (tertiary/aromatic N) is 2. The molecular formula is C15H25N3O. The molecule has 0 radical (unpaired) electrons. The van der Waals surface area contributed by atoms with Crippen molar-refractivity contribution >= 4 is 0 Å². The molecule has 1 aliphatic rings. The molecule has 1 atom stereocenters. The number of nitrogens with two attached hydrogens (primary N) is 1. The van der Waals surface area contributed by atoms with Crippen LogP contribution in [0.25, 0.3) is 0 Å². The van der Waals surface area contributed by atoms with Crippen LogP contribution in [0, 0.1) is 0 Å². The maximum Gasteiger partial charge on any atom is 0.118 e. The molecule has 0 spiro atoms. The van der Waals surface area contributed by atoms with Crippen LogP contribution < -0.4 is 10.5 Å². The molecule has 1 aliphatic heterocycles. The van der Waals surface area contributed by atoms with E-state index in [9.17, 15) is 0 Å². The van der Waals surface area contributed by atoms with E-state index in [2.05, 4.69) is 29.0 Å². The molecule has 1 fully saturated rings. The lowest BCUT2D eigenvalue weighted by molar-refractivity contribution is 0.261. The van der Waals surface area contributed by atoms with Gasteiger partial charge in [0.25, 0.3) is 0 Å². The first-order valence-electron chi connectivity index (χ1n) is 6.99. The zero-order chi connectivity index (χ0) is 13.7. The summed E-state index contributed by atoms with van der Waals surface area (Å²) in [6, 6.07) is 8.16. The Hall–Kier alpha value is -1.10. The molecule has 1 heterocycles. The quantitative estimate of drug-likeness (QED) is 0.890. The lowest BCUT2D eigenvalue weighted by atomic mass is 10.1. The van der Waals surface area contributed by atoms with E-state index < -0.39 is 0 Å². The Balaban J connectivity index is 1.90. The molecule has 0 bridgehead atoms. The highest BCUT2D eigenvalue weighted by Gasteiger charge is 2.15. The summed E-state index contributed by atoms with van der Waals surface area (Å²) in [4.78, 5) is 4.86. The average Bonchev–Trinajstić information content (AvgIpc) is 2.64. The summed E-state index contributed by atoms with van der Waals surface area (Å²) in [6.45, 7) is 5.51. The van der Waals surface area contributed by atoms with Crippen LogP contribution in [0.2, 0.25) is 0 Å². The fourth-order valence-electron chi connectivity index (χ4n) is 2.52. The standard InChI is InChI=1S/C15H25N3O/c1-17-8-3-9-18(11-10-17)12-15(16)13-4-6-14(19-2)7-5-13/h4-7,15H,3,8-12,16H2,1-2H3. The Morgan fingerprint density at radius 2 is 1.89 bits per heavy atom. The molecule has 1 aromatic rings. The van der Waals surface area contributed by atoms with Crippen LogP contribution in [0.1, 0.15) is 18.0 Å². The van der Waals surface area contributed by atoms with Crippen LogP contribution in [0.4, 0.5) is 0 Å². The van der Waals surface area contributed by atoms with E-state index >= 15 is 0 Å². The molecule has 2 N–H and O–H groups in total. The predicted octanol–water partition coefficient (Wildman–Crippen LogP) is 1.33. The first-order valence-corrected chi connectivity index (χ1v) is 6.99. The second-order valence-electron chi connectivity index (χ2n) is 5.34. The molecule has 1 aromatic carbocycles. The Labute approximate surface area is 116 Å². The number of rotatable bonds is 4. The molecule has 0 aliphatic carbocycles. The minimum absolute atomic E-state index is 0.0781. The number of likely N-dealkylation sites (N-methyl/N-ethyl adjacent to an activating group) is 1. The summed E-state index contributed by atoms with van der Waals surface area (Å²) in [5.41, 5.74) is 7.49. The van der Waals surface area contributed by atoms with Gasteiger partial charge in [0.15, 0.2) is 0 Å². The summed E-state index contributed by atoms with van der Waals surface area (Å²) < 4.78 is 5.17. The number of hydrogen-bond donors (Lipinski definition) is 1. The van der Waals surface area contributed by atoms with Gasteiger partial charge in [-0.1, -0.05) is 12.1 Å². The van der Waals surface area contributed by atoms with Crippen molar-refractivity contribution in [3.05, 3.63) is 29.8 Å².